The van der Waals surface area contributed by atoms with E-state index < -0.39 is 12.1 Å². The van der Waals surface area contributed by atoms with Crippen LogP contribution in [-0.4, -0.2) is 62.6 Å². The third kappa shape index (κ3) is 6.70. The van der Waals surface area contributed by atoms with E-state index in [9.17, 15) is 9.59 Å². The number of nitrogens with one attached hydrogen (secondary N) is 4. The third-order valence-electron chi connectivity index (χ3n) is 10.1. The molecule has 10 heteroatoms. The number of imidazole rings is 2. The fourth-order valence-corrected chi connectivity index (χ4v) is 7.31. The number of likely N-dealkylation sites (tertiary alicyclic amines) is 1. The minimum absolute atomic E-state index is 0.0913. The average molecular weight is 660 g/mol. The number of rotatable bonds is 8. The van der Waals surface area contributed by atoms with Crippen LogP contribution >= 0.6 is 0 Å². The Hall–Kier alpha value is -4.96. The number of methoxy groups -OCH3 is 1. The van der Waals surface area contributed by atoms with Gasteiger partial charge in [0.05, 0.1) is 36.8 Å². The second-order valence-electron chi connectivity index (χ2n) is 14.1. The van der Waals surface area contributed by atoms with Crippen LogP contribution in [-0.2, 0) is 9.53 Å². The molecule has 5 atom stereocenters. The Labute approximate surface area is 287 Å². The number of carbonyl (C=O) groups excluding carboxylic acids is 2. The van der Waals surface area contributed by atoms with E-state index in [2.05, 4.69) is 100 Å². The maximum atomic E-state index is 13.7. The lowest BCUT2D eigenvalue weighted by Gasteiger charge is -2.30. The summed E-state index contributed by atoms with van der Waals surface area (Å²) in [5.74, 6) is 1.86. The first-order valence-corrected chi connectivity index (χ1v) is 17.3. The highest BCUT2D eigenvalue weighted by Crippen LogP contribution is 2.36. The van der Waals surface area contributed by atoms with Crippen LogP contribution < -0.4 is 10.6 Å². The monoisotopic (exact) mass is 659 g/mol. The summed E-state index contributed by atoms with van der Waals surface area (Å²) in [5, 5.41) is 8.60. The van der Waals surface area contributed by atoms with Gasteiger partial charge in [0.15, 0.2) is 0 Å². The van der Waals surface area contributed by atoms with Crippen molar-refractivity contribution >= 4 is 22.8 Å². The van der Waals surface area contributed by atoms with Gasteiger partial charge in [-0.1, -0.05) is 69.3 Å². The van der Waals surface area contributed by atoms with Crippen molar-refractivity contribution in [2.75, 3.05) is 13.7 Å². The molecule has 10 nitrogen and oxygen atoms in total. The van der Waals surface area contributed by atoms with Crippen LogP contribution in [0.3, 0.4) is 0 Å². The molecule has 0 radical (unpaired) electrons. The zero-order valence-corrected chi connectivity index (χ0v) is 28.8. The van der Waals surface area contributed by atoms with Gasteiger partial charge < -0.3 is 30.2 Å². The number of aromatic nitrogens is 4. The van der Waals surface area contributed by atoms with Crippen molar-refractivity contribution in [2.45, 2.75) is 71.1 Å². The van der Waals surface area contributed by atoms with Crippen molar-refractivity contribution in [1.29, 1.82) is 0 Å². The molecule has 0 aliphatic carbocycles. The van der Waals surface area contributed by atoms with Crippen LogP contribution in [0.5, 0.6) is 0 Å². The lowest BCUT2D eigenvalue weighted by atomic mass is 9.98. The first-order valence-electron chi connectivity index (χ1n) is 17.3. The van der Waals surface area contributed by atoms with E-state index >= 15 is 0 Å². The summed E-state index contributed by atoms with van der Waals surface area (Å²) in [6, 6.07) is 21.5. The number of ether oxygens (including phenoxy) is 1. The fourth-order valence-electron chi connectivity index (χ4n) is 7.31. The number of H-pyrrole nitrogens is 2. The second kappa shape index (κ2) is 13.5. The van der Waals surface area contributed by atoms with E-state index in [1.165, 1.54) is 13.5 Å². The zero-order chi connectivity index (χ0) is 34.2. The number of aromatic amines is 2. The highest BCUT2D eigenvalue weighted by Gasteiger charge is 2.40. The lowest BCUT2D eigenvalue weighted by molar-refractivity contribution is -0.135. The van der Waals surface area contributed by atoms with E-state index in [0.29, 0.717) is 24.5 Å². The number of hydrogen-bond donors (Lipinski definition) is 4. The molecule has 2 amide bonds. The average Bonchev–Trinajstić information content (AvgIpc) is 3.93. The molecular formula is C39H45N7O3. The summed E-state index contributed by atoms with van der Waals surface area (Å²) < 4.78 is 4.78. The number of amides is 2. The van der Waals surface area contributed by atoms with Gasteiger partial charge in [0.1, 0.15) is 17.7 Å². The van der Waals surface area contributed by atoms with Gasteiger partial charge in [-0.05, 0) is 77.6 Å². The quantitative estimate of drug-likeness (QED) is 0.138. The Morgan fingerprint density at radius 3 is 2.31 bits per heavy atom. The Balaban J connectivity index is 1.06. The molecule has 2 aliphatic rings. The number of carbonyl (C=O) groups is 2. The molecule has 4 heterocycles. The molecule has 49 heavy (non-hydrogen) atoms. The van der Waals surface area contributed by atoms with E-state index in [4.69, 9.17) is 9.72 Å². The molecule has 2 saturated heterocycles. The molecule has 3 aromatic carbocycles. The van der Waals surface area contributed by atoms with Crippen LogP contribution in [0.15, 0.2) is 73.1 Å². The predicted molar refractivity (Wildman–Crippen MR) is 192 cm³/mol. The topological polar surface area (TPSA) is 128 Å². The number of hydrogen-bond acceptors (Lipinski definition) is 6. The molecule has 0 unspecified atom stereocenters. The number of benzene rings is 3. The van der Waals surface area contributed by atoms with Crippen molar-refractivity contribution in [2.24, 2.45) is 11.8 Å². The van der Waals surface area contributed by atoms with Crippen LogP contribution in [0, 0.1) is 11.8 Å². The molecule has 254 valence electrons. The summed E-state index contributed by atoms with van der Waals surface area (Å²) in [7, 11) is 1.30. The smallest absolute Gasteiger partial charge is 0.407 e. The Bertz CT molecular complexity index is 1960. The molecule has 7 rings (SSSR count). The molecule has 2 fully saturated rings. The zero-order valence-electron chi connectivity index (χ0n) is 28.8. The molecule has 2 aromatic heterocycles. The first-order chi connectivity index (χ1) is 23.7. The van der Waals surface area contributed by atoms with Crippen molar-refractivity contribution in [3.05, 3.63) is 84.7 Å². The van der Waals surface area contributed by atoms with Crippen LogP contribution in [0.1, 0.15) is 70.7 Å². The second-order valence-corrected chi connectivity index (χ2v) is 14.1. The van der Waals surface area contributed by atoms with E-state index in [0.717, 1.165) is 68.9 Å². The Kier molecular flexibility index (Phi) is 8.98. The van der Waals surface area contributed by atoms with Gasteiger partial charge >= 0.3 is 6.09 Å². The van der Waals surface area contributed by atoms with Gasteiger partial charge in [0.25, 0.3) is 0 Å². The molecule has 2 aliphatic heterocycles. The van der Waals surface area contributed by atoms with Gasteiger partial charge in [-0.25, -0.2) is 14.8 Å². The van der Waals surface area contributed by atoms with Crippen molar-refractivity contribution in [3.8, 4) is 33.6 Å². The maximum absolute atomic E-state index is 13.7. The summed E-state index contributed by atoms with van der Waals surface area (Å²) in [4.78, 5) is 44.0. The van der Waals surface area contributed by atoms with Crippen molar-refractivity contribution in [1.82, 2.24) is 35.5 Å². The van der Waals surface area contributed by atoms with Crippen molar-refractivity contribution < 1.29 is 14.3 Å². The molecule has 0 bridgehead atoms. The van der Waals surface area contributed by atoms with E-state index in [1.807, 2.05) is 31.1 Å². The summed E-state index contributed by atoms with van der Waals surface area (Å²) in [5.41, 5.74) is 6.30. The Morgan fingerprint density at radius 2 is 1.61 bits per heavy atom. The number of fused-ring (bicyclic) bond motifs is 1. The maximum Gasteiger partial charge on any atom is 0.407 e. The molecule has 0 spiro atoms. The number of nitrogens with zero attached hydrogens (tertiary/aromatic N) is 3. The van der Waals surface area contributed by atoms with E-state index in [-0.39, 0.29) is 17.9 Å². The Morgan fingerprint density at radius 1 is 0.918 bits per heavy atom. The summed E-state index contributed by atoms with van der Waals surface area (Å²) in [6.07, 6.45) is 6.32. The lowest BCUT2D eigenvalue weighted by Crippen LogP contribution is -2.51. The third-order valence-corrected chi connectivity index (χ3v) is 10.1. The van der Waals surface area contributed by atoms with Gasteiger partial charge in [-0.3, -0.25) is 4.79 Å². The minimum atomic E-state index is -0.675. The highest BCUT2D eigenvalue weighted by atomic mass is 16.5. The molecule has 4 N–H and O–H groups in total. The standard InChI is InChI=1S/C39H45N7O3/c1-22(2)35(45-39(48)49-5)38(47)46-21-23(3)16-34(46)37-41-20-33(44-37)30-14-13-28-17-27(11-12-29(28)18-30)25-7-9-26(10-8-25)32-19-40-36(43-32)31-15-6-24(4)42-31/h7-14,17-20,22-24,31,34-35,42H,6,15-16,21H2,1-5H3,(H,40,43)(H,41,44)(H,45,48)/t23-,24-,31+,34+,35+/m1/s1. The molecule has 5 aromatic rings. The largest absolute Gasteiger partial charge is 0.453 e. The minimum Gasteiger partial charge on any atom is -0.453 e. The van der Waals surface area contributed by atoms with Crippen LogP contribution in [0.25, 0.3) is 44.4 Å². The van der Waals surface area contributed by atoms with Gasteiger partial charge in [0.2, 0.25) is 5.91 Å². The fraction of sp³-hybridized carbons (Fsp3) is 0.385. The predicted octanol–water partition coefficient (Wildman–Crippen LogP) is 7.39. The highest BCUT2D eigenvalue weighted by molar-refractivity contribution is 5.91. The summed E-state index contributed by atoms with van der Waals surface area (Å²) in [6.45, 7) is 8.80. The molecular weight excluding hydrogens is 614 g/mol. The summed E-state index contributed by atoms with van der Waals surface area (Å²) >= 11 is 0. The van der Waals surface area contributed by atoms with Crippen LogP contribution in [0.2, 0.25) is 0 Å². The number of alkyl carbamates (subject to hydrolysis) is 1. The first kappa shape index (κ1) is 32.6. The normalized spacial score (nSPS) is 21.4. The molecule has 0 saturated carbocycles. The van der Waals surface area contributed by atoms with Gasteiger partial charge in [-0.15, -0.1) is 0 Å². The van der Waals surface area contributed by atoms with Crippen molar-refractivity contribution in [3.63, 3.8) is 0 Å². The SMILES string of the molecule is COC(=O)N[C@H](C(=O)N1C[C@H](C)C[C@H]1c1nc(-c2ccc3cc(-c4ccc(-c5cnc([C@@H]6CC[C@@H](C)N6)[nH]5)cc4)ccc3c2)c[nH]1)C(C)C. The van der Waals surface area contributed by atoms with Gasteiger partial charge in [-0.2, -0.15) is 0 Å². The van der Waals surface area contributed by atoms with Gasteiger partial charge in [0, 0.05) is 24.3 Å². The van der Waals surface area contributed by atoms with Crippen LogP contribution in [0.4, 0.5) is 4.79 Å². The van der Waals surface area contributed by atoms with E-state index in [1.54, 1.807) is 0 Å².